The van der Waals surface area contributed by atoms with Gasteiger partial charge in [0.25, 0.3) is 5.91 Å². The van der Waals surface area contributed by atoms with Crippen LogP contribution in [0, 0.1) is 0 Å². The second kappa shape index (κ2) is 8.54. The Morgan fingerprint density at radius 2 is 1.90 bits per heavy atom. The molecule has 0 aliphatic heterocycles. The lowest BCUT2D eigenvalue weighted by Gasteiger charge is -2.20. The summed E-state index contributed by atoms with van der Waals surface area (Å²) >= 11 is 1.42. The molecule has 0 saturated heterocycles. The molecule has 4 rings (SSSR count). The summed E-state index contributed by atoms with van der Waals surface area (Å²) in [5.74, 6) is -1.24. The van der Waals surface area contributed by atoms with Crippen LogP contribution >= 0.6 is 11.3 Å². The average molecular weight is 424 g/mol. The number of methoxy groups -OCH3 is 1. The normalized spacial score (nSPS) is 13.4. The molecular formula is C22H20N2O5S. The monoisotopic (exact) mass is 424 g/mol. The Morgan fingerprint density at radius 3 is 2.60 bits per heavy atom. The van der Waals surface area contributed by atoms with Crippen LogP contribution in [0.3, 0.4) is 0 Å². The Labute approximate surface area is 177 Å². The Balaban J connectivity index is 1.67. The largest absolute Gasteiger partial charge is 0.465 e. The summed E-state index contributed by atoms with van der Waals surface area (Å²) < 4.78 is 10.1. The minimum atomic E-state index is -1.09. The third-order valence-electron chi connectivity index (χ3n) is 4.93. The van der Waals surface area contributed by atoms with E-state index >= 15 is 0 Å². The van der Waals surface area contributed by atoms with E-state index in [2.05, 4.69) is 10.6 Å². The molecule has 3 aromatic rings. The summed E-state index contributed by atoms with van der Waals surface area (Å²) in [6, 6.07) is 11.8. The van der Waals surface area contributed by atoms with Crippen molar-refractivity contribution in [1.29, 1.82) is 0 Å². The number of carbonyl (C=O) groups is 3. The summed E-state index contributed by atoms with van der Waals surface area (Å²) in [5.41, 5.74) is 1.82. The third-order valence-corrected chi connectivity index (χ3v) is 6.15. The van der Waals surface area contributed by atoms with Gasteiger partial charge in [0, 0.05) is 10.4 Å². The predicted molar refractivity (Wildman–Crippen MR) is 112 cm³/mol. The number of ether oxygens (including phenoxy) is 1. The van der Waals surface area contributed by atoms with Gasteiger partial charge in [0.05, 0.1) is 18.9 Å². The first kappa shape index (κ1) is 19.9. The molecule has 0 radical (unpaired) electrons. The number of fused-ring (bicyclic) bond motifs is 1. The van der Waals surface area contributed by atoms with Gasteiger partial charge in [-0.15, -0.1) is 11.3 Å². The van der Waals surface area contributed by atoms with E-state index in [1.807, 2.05) is 0 Å². The lowest BCUT2D eigenvalue weighted by molar-refractivity contribution is 0.0600. The minimum Gasteiger partial charge on any atom is -0.465 e. The Morgan fingerprint density at radius 1 is 1.10 bits per heavy atom. The molecule has 154 valence electrons. The van der Waals surface area contributed by atoms with Gasteiger partial charge in [-0.25, -0.2) is 4.79 Å². The highest BCUT2D eigenvalue weighted by molar-refractivity contribution is 7.16. The molecule has 1 aliphatic rings. The number of amides is 1. The van der Waals surface area contributed by atoms with Gasteiger partial charge >= 0.3 is 5.97 Å². The van der Waals surface area contributed by atoms with E-state index in [0.717, 1.165) is 29.7 Å². The van der Waals surface area contributed by atoms with Crippen molar-refractivity contribution in [2.24, 2.45) is 0 Å². The topological polar surface area (TPSA) is 97.6 Å². The van der Waals surface area contributed by atoms with Gasteiger partial charge in [-0.1, -0.05) is 30.3 Å². The number of Topliss-reactive ketones (excluding diaryl/α,β-unsaturated/α-hetero) is 1. The van der Waals surface area contributed by atoms with Crippen molar-refractivity contribution in [2.45, 2.75) is 25.4 Å². The molecule has 1 aliphatic carbocycles. The number of esters is 1. The molecule has 7 nitrogen and oxygen atoms in total. The van der Waals surface area contributed by atoms with Gasteiger partial charge in [-0.3, -0.25) is 9.59 Å². The molecule has 1 atom stereocenters. The van der Waals surface area contributed by atoms with Crippen LogP contribution in [0.1, 0.15) is 48.1 Å². The first-order chi connectivity index (χ1) is 14.6. The average Bonchev–Trinajstić information content (AvgIpc) is 3.50. The maximum Gasteiger partial charge on any atom is 0.341 e. The molecular weight excluding hydrogens is 404 g/mol. The molecule has 30 heavy (non-hydrogen) atoms. The van der Waals surface area contributed by atoms with E-state index in [1.165, 1.54) is 30.8 Å². The van der Waals surface area contributed by atoms with Crippen molar-refractivity contribution in [3.05, 3.63) is 76.1 Å². The molecule has 0 unspecified atom stereocenters. The molecule has 2 N–H and O–H groups in total. The summed E-state index contributed by atoms with van der Waals surface area (Å²) in [4.78, 5) is 39.3. The maximum absolute atomic E-state index is 13.2. The van der Waals surface area contributed by atoms with Crippen molar-refractivity contribution in [1.82, 2.24) is 5.32 Å². The van der Waals surface area contributed by atoms with Crippen molar-refractivity contribution in [2.75, 3.05) is 12.4 Å². The molecule has 1 amide bonds. The van der Waals surface area contributed by atoms with E-state index in [0.29, 0.717) is 16.1 Å². The number of rotatable bonds is 7. The summed E-state index contributed by atoms with van der Waals surface area (Å²) in [6.07, 6.45) is 2.94. The van der Waals surface area contributed by atoms with Crippen molar-refractivity contribution >= 4 is 34.0 Å². The van der Waals surface area contributed by atoms with E-state index in [1.54, 1.807) is 36.4 Å². The number of thiophene rings is 1. The summed E-state index contributed by atoms with van der Waals surface area (Å²) in [5, 5.41) is 6.27. The smallest absolute Gasteiger partial charge is 0.341 e. The molecule has 0 saturated carbocycles. The molecule has 8 heteroatoms. The number of aryl methyl sites for hydroxylation is 1. The molecule has 0 bridgehead atoms. The maximum atomic E-state index is 13.2. The second-order valence-electron chi connectivity index (χ2n) is 6.81. The molecule has 2 heterocycles. The van der Waals surface area contributed by atoms with E-state index in [9.17, 15) is 14.4 Å². The SMILES string of the molecule is COC(=O)c1c(N[C@@H](NC(=O)c2ccco2)C(=O)c2ccccc2)sc2c1CCC2. The van der Waals surface area contributed by atoms with Crippen LogP contribution in [-0.2, 0) is 17.6 Å². The quantitative estimate of drug-likeness (QED) is 0.341. The number of furan rings is 1. The third kappa shape index (κ3) is 3.86. The van der Waals surface area contributed by atoms with Crippen molar-refractivity contribution in [3.8, 4) is 0 Å². The number of nitrogens with one attached hydrogen (secondary N) is 2. The van der Waals surface area contributed by atoms with E-state index in [-0.39, 0.29) is 11.5 Å². The first-order valence-electron chi connectivity index (χ1n) is 9.51. The zero-order valence-electron chi connectivity index (χ0n) is 16.3. The molecule has 1 aromatic carbocycles. The Kier molecular flexibility index (Phi) is 5.67. The van der Waals surface area contributed by atoms with Crippen molar-refractivity contribution < 1.29 is 23.5 Å². The fourth-order valence-electron chi connectivity index (χ4n) is 3.50. The number of hydrogen-bond donors (Lipinski definition) is 2. The fourth-order valence-corrected chi connectivity index (χ4v) is 4.81. The highest BCUT2D eigenvalue weighted by atomic mass is 32.1. The van der Waals surface area contributed by atoms with E-state index < -0.39 is 18.0 Å². The lowest BCUT2D eigenvalue weighted by Crippen LogP contribution is -2.46. The van der Waals surface area contributed by atoms with Crippen LogP contribution in [-0.4, -0.2) is 30.9 Å². The number of anilines is 1. The minimum absolute atomic E-state index is 0.0875. The highest BCUT2D eigenvalue weighted by Gasteiger charge is 2.31. The van der Waals surface area contributed by atoms with Gasteiger partial charge in [-0.2, -0.15) is 0 Å². The van der Waals surface area contributed by atoms with Crippen LogP contribution in [0.5, 0.6) is 0 Å². The first-order valence-corrected chi connectivity index (χ1v) is 10.3. The van der Waals surface area contributed by atoms with Crippen LogP contribution in [0.25, 0.3) is 0 Å². The van der Waals surface area contributed by atoms with Gasteiger partial charge in [0.2, 0.25) is 5.78 Å². The standard InChI is InChI=1S/C22H20N2O5S/c1-28-22(27)17-14-9-5-11-16(14)30-21(17)24-19(18(25)13-7-3-2-4-8-13)23-20(26)15-10-6-12-29-15/h2-4,6-8,10,12,19,24H,5,9,11H2,1H3,(H,23,26)/t19-/m1/s1. The van der Waals surface area contributed by atoms with Crippen LogP contribution in [0.4, 0.5) is 5.00 Å². The Bertz CT molecular complexity index is 1070. The summed E-state index contributed by atoms with van der Waals surface area (Å²) in [6.45, 7) is 0. The highest BCUT2D eigenvalue weighted by Crippen LogP contribution is 2.39. The van der Waals surface area contributed by atoms with Gasteiger partial charge in [0.15, 0.2) is 11.9 Å². The number of carbonyl (C=O) groups excluding carboxylic acids is 3. The van der Waals surface area contributed by atoms with Crippen molar-refractivity contribution in [3.63, 3.8) is 0 Å². The van der Waals surface area contributed by atoms with Gasteiger partial charge < -0.3 is 19.8 Å². The number of hydrogen-bond acceptors (Lipinski definition) is 7. The van der Waals surface area contributed by atoms with Crippen LogP contribution in [0.2, 0.25) is 0 Å². The lowest BCUT2D eigenvalue weighted by atomic mass is 10.1. The zero-order valence-corrected chi connectivity index (χ0v) is 17.1. The summed E-state index contributed by atoms with van der Waals surface area (Å²) in [7, 11) is 1.33. The van der Waals surface area contributed by atoms with Crippen LogP contribution in [0.15, 0.2) is 53.1 Å². The molecule has 2 aromatic heterocycles. The predicted octanol–water partition coefficient (Wildman–Crippen LogP) is 3.67. The second-order valence-corrected chi connectivity index (χ2v) is 7.92. The zero-order chi connectivity index (χ0) is 21.1. The Hall–Kier alpha value is -3.39. The van der Waals surface area contributed by atoms with Gasteiger partial charge in [0.1, 0.15) is 5.00 Å². The van der Waals surface area contributed by atoms with Gasteiger partial charge in [-0.05, 0) is 37.0 Å². The van der Waals surface area contributed by atoms with E-state index in [4.69, 9.17) is 9.15 Å². The van der Waals surface area contributed by atoms with Crippen LogP contribution < -0.4 is 10.6 Å². The molecule has 0 spiro atoms. The number of benzene rings is 1. The number of ketones is 1. The molecule has 0 fully saturated rings. The fraction of sp³-hybridized carbons (Fsp3) is 0.227.